The van der Waals surface area contributed by atoms with Gasteiger partial charge in [0, 0.05) is 60.1 Å². The standard InChI is InChI=1S/C21H18ClN7O3S/c22-16-1-2-17-15(11-16)12-19(25-17)33(31,32)29-9-7-28(8-10-29)21(30)18-13-24-20(27-26-18)14-3-5-23-6-4-14/h1-6,11-13,25H,7-10H2. The number of nitrogens with one attached hydrogen (secondary N) is 1. The van der Waals surface area contributed by atoms with Crippen LogP contribution in [0.3, 0.4) is 0 Å². The number of hydrogen-bond acceptors (Lipinski definition) is 7. The van der Waals surface area contributed by atoms with Gasteiger partial charge in [-0.15, -0.1) is 10.2 Å². The Morgan fingerprint density at radius 3 is 2.45 bits per heavy atom. The number of hydrogen-bond donors (Lipinski definition) is 1. The lowest BCUT2D eigenvalue weighted by Crippen LogP contribution is -2.50. The minimum absolute atomic E-state index is 0.0984. The van der Waals surface area contributed by atoms with Gasteiger partial charge in [-0.1, -0.05) is 11.6 Å². The third-order valence-corrected chi connectivity index (χ3v) is 7.48. The average molecular weight is 484 g/mol. The highest BCUT2D eigenvalue weighted by Gasteiger charge is 2.32. The summed E-state index contributed by atoms with van der Waals surface area (Å²) in [4.78, 5) is 25.5. The largest absolute Gasteiger partial charge is 0.345 e. The molecule has 1 N–H and O–H groups in total. The molecule has 33 heavy (non-hydrogen) atoms. The number of carbonyl (C=O) groups excluding carboxylic acids is 1. The number of fused-ring (bicyclic) bond motifs is 1. The maximum atomic E-state index is 13.1. The third-order valence-electron chi connectivity index (χ3n) is 5.42. The van der Waals surface area contributed by atoms with Crippen molar-refractivity contribution < 1.29 is 13.2 Å². The van der Waals surface area contributed by atoms with Crippen LogP contribution in [0.25, 0.3) is 22.3 Å². The Morgan fingerprint density at radius 2 is 1.76 bits per heavy atom. The predicted octanol–water partition coefficient (Wildman–Crippen LogP) is 2.21. The zero-order valence-corrected chi connectivity index (χ0v) is 18.8. The van der Waals surface area contributed by atoms with Crippen LogP contribution in [0.5, 0.6) is 0 Å². The van der Waals surface area contributed by atoms with Gasteiger partial charge in [-0.2, -0.15) is 4.31 Å². The van der Waals surface area contributed by atoms with Gasteiger partial charge in [0.25, 0.3) is 15.9 Å². The second-order valence-corrected chi connectivity index (χ2v) is 9.81. The summed E-state index contributed by atoms with van der Waals surface area (Å²) < 4.78 is 27.5. The summed E-state index contributed by atoms with van der Waals surface area (Å²) in [6.07, 6.45) is 4.62. The van der Waals surface area contributed by atoms with Crippen LogP contribution in [0.1, 0.15) is 10.5 Å². The number of amides is 1. The fourth-order valence-corrected chi connectivity index (χ4v) is 5.27. The molecule has 0 saturated carbocycles. The molecule has 10 nitrogen and oxygen atoms in total. The van der Waals surface area contributed by atoms with Crippen molar-refractivity contribution in [1.29, 1.82) is 0 Å². The predicted molar refractivity (Wildman–Crippen MR) is 121 cm³/mol. The number of rotatable bonds is 4. The van der Waals surface area contributed by atoms with Crippen LogP contribution in [0, 0.1) is 0 Å². The maximum Gasteiger partial charge on any atom is 0.276 e. The van der Waals surface area contributed by atoms with Gasteiger partial charge in [0.1, 0.15) is 5.03 Å². The van der Waals surface area contributed by atoms with Gasteiger partial charge in [-0.05, 0) is 36.4 Å². The SMILES string of the molecule is O=C(c1cnc(-c2ccncc2)nn1)N1CCN(S(=O)(=O)c2cc3cc(Cl)ccc3[nH]2)CC1. The van der Waals surface area contributed by atoms with Crippen LogP contribution < -0.4 is 0 Å². The van der Waals surface area contributed by atoms with Crippen LogP contribution in [0.4, 0.5) is 0 Å². The summed E-state index contributed by atoms with van der Waals surface area (Å²) in [6.45, 7) is 0.802. The Kier molecular flexibility index (Phi) is 5.52. The van der Waals surface area contributed by atoms with Crippen molar-refractivity contribution in [2.24, 2.45) is 0 Å². The summed E-state index contributed by atoms with van der Waals surface area (Å²) in [5.74, 6) is 0.0538. The molecule has 0 atom stereocenters. The van der Waals surface area contributed by atoms with E-state index in [9.17, 15) is 13.2 Å². The lowest BCUT2D eigenvalue weighted by Gasteiger charge is -2.33. The molecule has 1 amide bonds. The normalized spacial score (nSPS) is 15.1. The maximum absolute atomic E-state index is 13.1. The number of benzene rings is 1. The smallest absolute Gasteiger partial charge is 0.276 e. The number of sulfonamides is 1. The number of aromatic nitrogens is 5. The molecule has 3 aromatic heterocycles. The molecule has 4 heterocycles. The summed E-state index contributed by atoms with van der Waals surface area (Å²) in [5.41, 5.74) is 1.54. The van der Waals surface area contributed by atoms with Gasteiger partial charge in [0.05, 0.1) is 6.20 Å². The fourth-order valence-electron chi connectivity index (χ4n) is 3.65. The molecule has 0 unspecified atom stereocenters. The number of halogens is 1. The molecule has 1 aliphatic rings. The molecule has 5 rings (SSSR count). The zero-order chi connectivity index (χ0) is 23.0. The summed E-state index contributed by atoms with van der Waals surface area (Å²) >= 11 is 6.00. The van der Waals surface area contributed by atoms with Crippen molar-refractivity contribution in [3.05, 3.63) is 65.7 Å². The lowest BCUT2D eigenvalue weighted by molar-refractivity contribution is 0.0690. The highest BCUT2D eigenvalue weighted by Crippen LogP contribution is 2.25. The van der Waals surface area contributed by atoms with Crippen molar-refractivity contribution >= 4 is 38.4 Å². The number of piperazine rings is 1. The number of carbonyl (C=O) groups is 1. The molecule has 1 aliphatic heterocycles. The van der Waals surface area contributed by atoms with E-state index in [1.165, 1.54) is 10.5 Å². The van der Waals surface area contributed by atoms with Crippen LogP contribution in [-0.4, -0.2) is 74.9 Å². The van der Waals surface area contributed by atoms with E-state index in [1.54, 1.807) is 53.7 Å². The topological polar surface area (TPSA) is 125 Å². The van der Waals surface area contributed by atoms with E-state index in [2.05, 4.69) is 25.1 Å². The average Bonchev–Trinajstić information content (AvgIpc) is 3.28. The van der Waals surface area contributed by atoms with Gasteiger partial charge in [-0.3, -0.25) is 9.78 Å². The number of H-pyrrole nitrogens is 1. The first-order chi connectivity index (χ1) is 15.9. The molecule has 0 radical (unpaired) electrons. The van der Waals surface area contributed by atoms with Crippen LogP contribution >= 0.6 is 11.6 Å². The highest BCUT2D eigenvalue weighted by atomic mass is 35.5. The van der Waals surface area contributed by atoms with E-state index in [0.717, 1.165) is 10.9 Å². The number of pyridine rings is 1. The number of nitrogens with zero attached hydrogens (tertiary/aromatic N) is 6. The Hall–Kier alpha value is -3.41. The van der Waals surface area contributed by atoms with Crippen molar-refractivity contribution in [3.8, 4) is 11.4 Å². The third kappa shape index (κ3) is 4.17. The Balaban J connectivity index is 1.26. The summed E-state index contributed by atoms with van der Waals surface area (Å²) in [5, 5.41) is 9.38. The van der Waals surface area contributed by atoms with E-state index < -0.39 is 10.0 Å². The van der Waals surface area contributed by atoms with E-state index in [-0.39, 0.29) is 42.8 Å². The first-order valence-electron chi connectivity index (χ1n) is 10.1. The van der Waals surface area contributed by atoms with Crippen molar-refractivity contribution in [2.45, 2.75) is 5.03 Å². The van der Waals surface area contributed by atoms with Crippen molar-refractivity contribution in [1.82, 2.24) is 34.4 Å². The second kappa shape index (κ2) is 8.50. The van der Waals surface area contributed by atoms with Gasteiger partial charge >= 0.3 is 0 Å². The molecule has 1 aromatic carbocycles. The first kappa shape index (κ1) is 21.4. The van der Waals surface area contributed by atoms with Gasteiger partial charge in [-0.25, -0.2) is 13.4 Å². The Labute approximate surface area is 194 Å². The molecule has 168 valence electrons. The molecule has 0 spiro atoms. The fraction of sp³-hybridized carbons (Fsp3) is 0.190. The van der Waals surface area contributed by atoms with Crippen LogP contribution in [0.15, 0.2) is 60.0 Å². The molecular formula is C21H18ClN7O3S. The quantitative estimate of drug-likeness (QED) is 0.471. The van der Waals surface area contributed by atoms with Crippen LogP contribution in [-0.2, 0) is 10.0 Å². The monoisotopic (exact) mass is 483 g/mol. The van der Waals surface area contributed by atoms with Gasteiger partial charge < -0.3 is 9.88 Å². The molecule has 0 aliphatic carbocycles. The van der Waals surface area contributed by atoms with E-state index >= 15 is 0 Å². The number of aromatic amines is 1. The van der Waals surface area contributed by atoms with E-state index in [1.807, 2.05) is 0 Å². The molecule has 0 bridgehead atoms. The summed E-state index contributed by atoms with van der Waals surface area (Å²) in [6, 6.07) is 10.2. The minimum Gasteiger partial charge on any atom is -0.345 e. The minimum atomic E-state index is -3.74. The van der Waals surface area contributed by atoms with Crippen molar-refractivity contribution in [3.63, 3.8) is 0 Å². The Bertz CT molecular complexity index is 1420. The first-order valence-corrected chi connectivity index (χ1v) is 11.9. The highest BCUT2D eigenvalue weighted by molar-refractivity contribution is 7.89. The second-order valence-electron chi connectivity index (χ2n) is 7.46. The summed E-state index contributed by atoms with van der Waals surface area (Å²) in [7, 11) is -3.74. The lowest BCUT2D eigenvalue weighted by atomic mass is 10.2. The molecule has 1 fully saturated rings. The zero-order valence-electron chi connectivity index (χ0n) is 17.2. The van der Waals surface area contributed by atoms with Gasteiger partial charge in [0.15, 0.2) is 11.5 Å². The van der Waals surface area contributed by atoms with Gasteiger partial charge in [0.2, 0.25) is 0 Å². The Morgan fingerprint density at radius 1 is 1.00 bits per heavy atom. The van der Waals surface area contributed by atoms with Crippen LogP contribution in [0.2, 0.25) is 5.02 Å². The molecule has 1 saturated heterocycles. The van der Waals surface area contributed by atoms with E-state index in [0.29, 0.717) is 16.4 Å². The molecule has 4 aromatic rings. The molecule has 12 heteroatoms. The van der Waals surface area contributed by atoms with E-state index in [4.69, 9.17) is 11.6 Å². The van der Waals surface area contributed by atoms with Crippen molar-refractivity contribution in [2.75, 3.05) is 26.2 Å². The molecular weight excluding hydrogens is 466 g/mol.